The number of carbonyl (C=O) groups is 3. The molecule has 3 rings (SSSR count). The summed E-state index contributed by atoms with van der Waals surface area (Å²) in [5.74, 6) is 0.413. The lowest BCUT2D eigenvalue weighted by molar-refractivity contribution is -0.124. The largest absolute Gasteiger partial charge is 0.369 e. The first-order valence-electron chi connectivity index (χ1n) is 13.0. The van der Waals surface area contributed by atoms with Crippen LogP contribution in [0.4, 0.5) is 11.8 Å². The van der Waals surface area contributed by atoms with E-state index in [-0.39, 0.29) is 42.5 Å². The van der Waals surface area contributed by atoms with Crippen molar-refractivity contribution >= 4 is 29.4 Å². The maximum Gasteiger partial charge on any atom is 0.256 e. The monoisotopic (exact) mass is 507 g/mol. The number of ketones is 1. The number of nitrogens with one attached hydrogen (secondary N) is 4. The zero-order chi connectivity index (χ0) is 26.5. The van der Waals surface area contributed by atoms with Crippen LogP contribution in [0.1, 0.15) is 67.8 Å². The molecule has 2 aromatic rings. The predicted octanol–water partition coefficient (Wildman–Crippen LogP) is 3.04. The predicted molar refractivity (Wildman–Crippen MR) is 143 cm³/mol. The van der Waals surface area contributed by atoms with E-state index in [0.29, 0.717) is 36.8 Å². The van der Waals surface area contributed by atoms with Crippen LogP contribution in [-0.2, 0) is 16.0 Å². The van der Waals surface area contributed by atoms with Crippen molar-refractivity contribution < 1.29 is 14.4 Å². The van der Waals surface area contributed by atoms with Crippen molar-refractivity contribution in [3.63, 3.8) is 0 Å². The van der Waals surface area contributed by atoms with Gasteiger partial charge in [-0.15, -0.1) is 0 Å². The number of allylic oxidation sites excluding steroid dienone is 1. The second-order valence-corrected chi connectivity index (χ2v) is 9.19. The van der Waals surface area contributed by atoms with Gasteiger partial charge in [-0.05, 0) is 62.3 Å². The van der Waals surface area contributed by atoms with Gasteiger partial charge in [0.1, 0.15) is 11.4 Å². The first-order chi connectivity index (χ1) is 18.0. The first kappa shape index (κ1) is 27.8. The molecular formula is C27H37N7O3. The third-order valence-electron chi connectivity index (χ3n) is 6.22. The molecule has 2 heterocycles. The summed E-state index contributed by atoms with van der Waals surface area (Å²) in [6, 6.07) is 3.83. The highest BCUT2D eigenvalue weighted by Gasteiger charge is 2.26. The van der Waals surface area contributed by atoms with E-state index in [9.17, 15) is 14.4 Å². The number of pyridine rings is 1. The summed E-state index contributed by atoms with van der Waals surface area (Å²) in [7, 11) is 0. The average Bonchev–Trinajstić information content (AvgIpc) is 2.91. The highest BCUT2D eigenvalue weighted by atomic mass is 16.2. The molecule has 37 heavy (non-hydrogen) atoms. The lowest BCUT2D eigenvalue weighted by atomic mass is 9.90. The number of anilines is 2. The Morgan fingerprint density at radius 2 is 1.81 bits per heavy atom. The van der Waals surface area contributed by atoms with Gasteiger partial charge in [0, 0.05) is 56.6 Å². The van der Waals surface area contributed by atoms with E-state index in [1.807, 2.05) is 19.1 Å². The quantitative estimate of drug-likeness (QED) is 0.286. The standard InChI is InChI=1S/C27H37N7O3/c1-3-13-29-25-23(18-31-27(34-25)30-16-12-19-10-14-28-15-11-19)26(37)33-21-7-5-6-20(17-21)32-24(36)9-8-22(35)4-2/h4,10-11,14-15,18,20-21H,2-3,5-9,12-13,16-17H2,1H3,(H,32,36)(H,33,37)(H2,29,30,31,34). The van der Waals surface area contributed by atoms with Gasteiger partial charge in [-0.2, -0.15) is 4.98 Å². The van der Waals surface area contributed by atoms with E-state index in [2.05, 4.69) is 42.8 Å². The summed E-state index contributed by atoms with van der Waals surface area (Å²) in [6.45, 7) is 6.81. The van der Waals surface area contributed by atoms with Crippen molar-refractivity contribution in [3.05, 3.63) is 54.5 Å². The maximum absolute atomic E-state index is 13.2. The molecular weight excluding hydrogens is 470 g/mol. The molecule has 198 valence electrons. The number of nitrogens with zero attached hydrogens (tertiary/aromatic N) is 3. The van der Waals surface area contributed by atoms with Crippen molar-refractivity contribution in [3.8, 4) is 0 Å². The fraction of sp³-hybridized carbons (Fsp3) is 0.481. The molecule has 1 saturated carbocycles. The van der Waals surface area contributed by atoms with Crippen molar-refractivity contribution in [1.82, 2.24) is 25.6 Å². The Balaban J connectivity index is 1.56. The molecule has 1 fully saturated rings. The molecule has 1 aliphatic carbocycles. The van der Waals surface area contributed by atoms with Gasteiger partial charge in [-0.3, -0.25) is 19.4 Å². The lowest BCUT2D eigenvalue weighted by Crippen LogP contribution is -2.46. The Hall–Kier alpha value is -3.82. The highest BCUT2D eigenvalue weighted by Crippen LogP contribution is 2.21. The summed E-state index contributed by atoms with van der Waals surface area (Å²) in [5, 5.41) is 12.6. The Labute approximate surface area is 218 Å². The Morgan fingerprint density at radius 1 is 1.05 bits per heavy atom. The van der Waals surface area contributed by atoms with Gasteiger partial charge in [0.2, 0.25) is 11.9 Å². The number of aromatic nitrogens is 3. The molecule has 0 bridgehead atoms. The summed E-state index contributed by atoms with van der Waals surface area (Å²) >= 11 is 0. The normalized spacial score (nSPS) is 16.9. The van der Waals surface area contributed by atoms with E-state index in [1.165, 1.54) is 6.08 Å². The molecule has 0 saturated heterocycles. The molecule has 0 aromatic carbocycles. The van der Waals surface area contributed by atoms with Crippen LogP contribution in [0.15, 0.2) is 43.4 Å². The van der Waals surface area contributed by atoms with Gasteiger partial charge in [0.25, 0.3) is 5.91 Å². The van der Waals surface area contributed by atoms with Gasteiger partial charge in [0.05, 0.1) is 0 Å². The first-order valence-corrected chi connectivity index (χ1v) is 13.0. The number of hydrogen-bond donors (Lipinski definition) is 4. The number of hydrogen-bond acceptors (Lipinski definition) is 8. The maximum atomic E-state index is 13.2. The van der Waals surface area contributed by atoms with E-state index in [0.717, 1.165) is 37.7 Å². The molecule has 2 amide bonds. The van der Waals surface area contributed by atoms with E-state index >= 15 is 0 Å². The minimum absolute atomic E-state index is 0.0358. The van der Waals surface area contributed by atoms with E-state index < -0.39 is 0 Å². The minimum Gasteiger partial charge on any atom is -0.369 e. The van der Waals surface area contributed by atoms with Crippen LogP contribution >= 0.6 is 0 Å². The highest BCUT2D eigenvalue weighted by molar-refractivity contribution is 5.98. The van der Waals surface area contributed by atoms with E-state index in [1.54, 1.807) is 18.6 Å². The third-order valence-corrected chi connectivity index (χ3v) is 6.22. The summed E-state index contributed by atoms with van der Waals surface area (Å²) in [5.41, 5.74) is 1.55. The zero-order valence-electron chi connectivity index (χ0n) is 21.5. The average molecular weight is 508 g/mol. The molecule has 4 N–H and O–H groups in total. The van der Waals surface area contributed by atoms with Gasteiger partial charge < -0.3 is 21.3 Å². The van der Waals surface area contributed by atoms with Gasteiger partial charge in [0.15, 0.2) is 5.78 Å². The zero-order valence-corrected chi connectivity index (χ0v) is 21.5. The molecule has 2 aromatic heterocycles. The van der Waals surface area contributed by atoms with Crippen molar-refractivity contribution in [2.45, 2.75) is 70.4 Å². The van der Waals surface area contributed by atoms with Crippen LogP contribution in [0, 0.1) is 0 Å². The van der Waals surface area contributed by atoms with Crippen LogP contribution in [-0.4, -0.2) is 57.7 Å². The van der Waals surface area contributed by atoms with Crippen molar-refractivity contribution in [2.24, 2.45) is 0 Å². The molecule has 0 spiro atoms. The van der Waals surface area contributed by atoms with E-state index in [4.69, 9.17) is 0 Å². The molecule has 1 aliphatic rings. The summed E-state index contributed by atoms with van der Waals surface area (Å²) < 4.78 is 0. The second-order valence-electron chi connectivity index (χ2n) is 9.19. The van der Waals surface area contributed by atoms with Crippen LogP contribution in [0.5, 0.6) is 0 Å². The smallest absolute Gasteiger partial charge is 0.256 e. The number of rotatable bonds is 14. The summed E-state index contributed by atoms with van der Waals surface area (Å²) in [6.07, 6.45) is 11.5. The number of carbonyl (C=O) groups excluding carboxylic acids is 3. The topological polar surface area (TPSA) is 138 Å². The van der Waals surface area contributed by atoms with Crippen LogP contribution < -0.4 is 21.3 Å². The fourth-order valence-electron chi connectivity index (χ4n) is 4.23. The Morgan fingerprint density at radius 3 is 2.54 bits per heavy atom. The van der Waals surface area contributed by atoms with Gasteiger partial charge >= 0.3 is 0 Å². The minimum atomic E-state index is -0.240. The van der Waals surface area contributed by atoms with Crippen molar-refractivity contribution in [1.29, 1.82) is 0 Å². The Kier molecular flexibility index (Phi) is 11.0. The van der Waals surface area contributed by atoms with Gasteiger partial charge in [-0.1, -0.05) is 13.5 Å². The third kappa shape index (κ3) is 9.29. The molecule has 0 radical (unpaired) electrons. The van der Waals surface area contributed by atoms with Crippen LogP contribution in [0.25, 0.3) is 0 Å². The molecule has 0 aliphatic heterocycles. The molecule has 10 nitrogen and oxygen atoms in total. The van der Waals surface area contributed by atoms with Crippen LogP contribution in [0.3, 0.4) is 0 Å². The Bertz CT molecular complexity index is 1060. The van der Waals surface area contributed by atoms with Gasteiger partial charge in [-0.25, -0.2) is 4.98 Å². The lowest BCUT2D eigenvalue weighted by Gasteiger charge is -2.30. The summed E-state index contributed by atoms with van der Waals surface area (Å²) in [4.78, 5) is 49.7. The van der Waals surface area contributed by atoms with Crippen LogP contribution in [0.2, 0.25) is 0 Å². The van der Waals surface area contributed by atoms with Crippen molar-refractivity contribution in [2.75, 3.05) is 23.7 Å². The fourth-order valence-corrected chi connectivity index (χ4v) is 4.23. The molecule has 2 atom stereocenters. The SMILES string of the molecule is C=CC(=O)CCC(=O)NC1CCCC(NC(=O)c2cnc(NCCc3ccncc3)nc2NCCC)C1. The number of amides is 2. The molecule has 2 unspecified atom stereocenters. The second kappa shape index (κ2) is 14.7. The molecule has 10 heteroatoms.